The summed E-state index contributed by atoms with van der Waals surface area (Å²) in [5, 5.41) is 3.54. The summed E-state index contributed by atoms with van der Waals surface area (Å²) < 4.78 is 2.20. The highest BCUT2D eigenvalue weighted by atomic mass is 15.2. The third-order valence-corrected chi connectivity index (χ3v) is 3.51. The predicted molar refractivity (Wildman–Crippen MR) is 73.9 cm³/mol. The Balaban J connectivity index is 1.91. The van der Waals surface area contributed by atoms with Crippen LogP contribution in [0.2, 0.25) is 0 Å². The van der Waals surface area contributed by atoms with Crippen molar-refractivity contribution >= 4 is 5.95 Å². The van der Waals surface area contributed by atoms with Gasteiger partial charge in [0.15, 0.2) is 0 Å². The summed E-state index contributed by atoms with van der Waals surface area (Å²) in [6.07, 6.45) is 3.23. The smallest absolute Gasteiger partial charge is 0.203 e. The Bertz CT molecular complexity index is 563. The second-order valence-corrected chi connectivity index (χ2v) is 5.31. The van der Waals surface area contributed by atoms with Crippen LogP contribution in [0, 0.1) is 20.8 Å². The van der Waals surface area contributed by atoms with E-state index >= 15 is 0 Å². The van der Waals surface area contributed by atoms with Gasteiger partial charge in [0.1, 0.15) is 0 Å². The maximum atomic E-state index is 4.52. The van der Waals surface area contributed by atoms with E-state index in [1.165, 1.54) is 16.7 Å². The molecule has 0 fully saturated rings. The number of nitrogens with one attached hydrogen (secondary N) is 1. The van der Waals surface area contributed by atoms with Crippen LogP contribution in [-0.2, 0) is 6.54 Å². The van der Waals surface area contributed by atoms with Crippen molar-refractivity contribution in [1.29, 1.82) is 0 Å². The van der Waals surface area contributed by atoms with Gasteiger partial charge < -0.3 is 9.88 Å². The molecule has 0 bridgehead atoms. The molecule has 2 heterocycles. The van der Waals surface area contributed by atoms with E-state index in [9.17, 15) is 0 Å². The van der Waals surface area contributed by atoms with Crippen LogP contribution in [0.3, 0.4) is 0 Å². The third-order valence-electron chi connectivity index (χ3n) is 3.51. The van der Waals surface area contributed by atoms with Gasteiger partial charge in [0.2, 0.25) is 5.95 Å². The Labute approximate surface area is 108 Å². The van der Waals surface area contributed by atoms with E-state index in [0.717, 1.165) is 24.6 Å². The summed E-state index contributed by atoms with van der Waals surface area (Å²) in [5.74, 6) is 1.00. The maximum Gasteiger partial charge on any atom is 0.203 e. The van der Waals surface area contributed by atoms with E-state index in [2.05, 4.69) is 53.1 Å². The molecule has 1 atom stereocenters. The lowest BCUT2D eigenvalue weighted by molar-refractivity contribution is 0.542. The normalized spacial score (nSPS) is 18.3. The van der Waals surface area contributed by atoms with Crippen LogP contribution in [-0.4, -0.2) is 9.55 Å². The summed E-state index contributed by atoms with van der Waals surface area (Å²) in [6, 6.07) is 7.15. The van der Waals surface area contributed by atoms with Crippen LogP contribution in [0.4, 0.5) is 5.95 Å². The van der Waals surface area contributed by atoms with Crippen molar-refractivity contribution in [2.24, 2.45) is 0 Å². The van der Waals surface area contributed by atoms with Gasteiger partial charge in [-0.2, -0.15) is 0 Å². The Kier molecular flexibility index (Phi) is 2.62. The molecule has 3 heteroatoms. The average Bonchev–Trinajstić information content (AvgIpc) is 2.66. The van der Waals surface area contributed by atoms with Crippen molar-refractivity contribution in [3.8, 4) is 0 Å². The zero-order chi connectivity index (χ0) is 12.7. The van der Waals surface area contributed by atoms with Gasteiger partial charge in [-0.05, 0) is 32.8 Å². The molecule has 0 spiro atoms. The number of anilines is 1. The molecule has 94 valence electrons. The van der Waals surface area contributed by atoms with E-state index in [0.29, 0.717) is 6.04 Å². The van der Waals surface area contributed by atoms with Crippen molar-refractivity contribution in [3.05, 3.63) is 46.8 Å². The number of hydrogen-bond donors (Lipinski definition) is 1. The Hall–Kier alpha value is -1.77. The van der Waals surface area contributed by atoms with E-state index < -0.39 is 0 Å². The lowest BCUT2D eigenvalue weighted by Gasteiger charge is -2.26. The fourth-order valence-electron chi connectivity index (χ4n) is 2.79. The van der Waals surface area contributed by atoms with Gasteiger partial charge in [-0.25, -0.2) is 4.98 Å². The number of hydrogen-bond acceptors (Lipinski definition) is 2. The molecule has 1 aromatic heterocycles. The van der Waals surface area contributed by atoms with E-state index in [1.807, 2.05) is 6.92 Å². The molecule has 1 aromatic carbocycles. The van der Waals surface area contributed by atoms with Crippen molar-refractivity contribution in [2.75, 3.05) is 5.32 Å². The van der Waals surface area contributed by atoms with Gasteiger partial charge in [-0.3, -0.25) is 0 Å². The van der Waals surface area contributed by atoms with Crippen LogP contribution < -0.4 is 5.32 Å². The molecule has 3 nitrogen and oxygen atoms in total. The molecular formula is C15H19N3. The monoisotopic (exact) mass is 241 g/mol. The lowest BCUT2D eigenvalue weighted by Crippen LogP contribution is -2.22. The van der Waals surface area contributed by atoms with Gasteiger partial charge in [0.05, 0.1) is 11.7 Å². The number of aryl methyl sites for hydroxylation is 4. The average molecular weight is 241 g/mol. The molecule has 0 amide bonds. The molecule has 3 rings (SSSR count). The van der Waals surface area contributed by atoms with Crippen molar-refractivity contribution < 1.29 is 0 Å². The highest BCUT2D eigenvalue weighted by Gasteiger charge is 2.20. The second-order valence-electron chi connectivity index (χ2n) is 5.31. The number of nitrogens with zero attached hydrogens (tertiary/aromatic N) is 2. The Morgan fingerprint density at radius 2 is 1.89 bits per heavy atom. The fourth-order valence-corrected chi connectivity index (χ4v) is 2.79. The van der Waals surface area contributed by atoms with Crippen molar-refractivity contribution in [1.82, 2.24) is 9.55 Å². The molecule has 0 aliphatic carbocycles. The van der Waals surface area contributed by atoms with Crippen LogP contribution >= 0.6 is 0 Å². The van der Waals surface area contributed by atoms with Crippen LogP contribution in [0.15, 0.2) is 24.4 Å². The summed E-state index contributed by atoms with van der Waals surface area (Å²) in [5.41, 5.74) is 5.12. The standard InChI is InChI=1S/C15H19N3/c1-10-6-11(2)8-13(7-10)14-4-5-18-9-12(3)16-15(18)17-14/h6-9,14H,4-5H2,1-3H3,(H,16,17). The summed E-state index contributed by atoms with van der Waals surface area (Å²) >= 11 is 0. The molecule has 1 aliphatic rings. The minimum Gasteiger partial charge on any atom is -0.349 e. The Morgan fingerprint density at radius 3 is 2.61 bits per heavy atom. The molecule has 0 radical (unpaired) electrons. The predicted octanol–water partition coefficient (Wildman–Crippen LogP) is 3.37. The minimum absolute atomic E-state index is 0.387. The number of fused-ring (bicyclic) bond motifs is 1. The first-order valence-corrected chi connectivity index (χ1v) is 6.50. The first kappa shape index (κ1) is 11.3. The van der Waals surface area contributed by atoms with Gasteiger partial charge in [0, 0.05) is 12.7 Å². The molecule has 1 N–H and O–H groups in total. The number of imidazole rings is 1. The molecule has 1 unspecified atom stereocenters. The fraction of sp³-hybridized carbons (Fsp3) is 0.400. The molecule has 0 saturated heterocycles. The summed E-state index contributed by atoms with van der Waals surface area (Å²) in [4.78, 5) is 4.52. The van der Waals surface area contributed by atoms with Gasteiger partial charge >= 0.3 is 0 Å². The number of rotatable bonds is 1. The molecule has 2 aromatic rings. The van der Waals surface area contributed by atoms with Gasteiger partial charge in [-0.15, -0.1) is 0 Å². The lowest BCUT2D eigenvalue weighted by atomic mass is 9.98. The number of benzene rings is 1. The largest absolute Gasteiger partial charge is 0.349 e. The van der Waals surface area contributed by atoms with E-state index in [1.54, 1.807) is 0 Å². The van der Waals surface area contributed by atoms with E-state index in [4.69, 9.17) is 0 Å². The number of aromatic nitrogens is 2. The first-order valence-electron chi connectivity index (χ1n) is 6.50. The molecule has 1 aliphatic heterocycles. The van der Waals surface area contributed by atoms with Crippen LogP contribution in [0.5, 0.6) is 0 Å². The van der Waals surface area contributed by atoms with Crippen molar-refractivity contribution in [3.63, 3.8) is 0 Å². The van der Waals surface area contributed by atoms with Crippen molar-refractivity contribution in [2.45, 2.75) is 39.8 Å². The van der Waals surface area contributed by atoms with Gasteiger partial charge in [0.25, 0.3) is 0 Å². The molecule has 0 saturated carbocycles. The highest BCUT2D eigenvalue weighted by molar-refractivity contribution is 5.39. The Morgan fingerprint density at radius 1 is 1.17 bits per heavy atom. The maximum absolute atomic E-state index is 4.52. The molecular weight excluding hydrogens is 222 g/mol. The van der Waals surface area contributed by atoms with E-state index in [-0.39, 0.29) is 0 Å². The quantitative estimate of drug-likeness (QED) is 0.829. The second kappa shape index (κ2) is 4.16. The van der Waals surface area contributed by atoms with Crippen LogP contribution in [0.25, 0.3) is 0 Å². The summed E-state index contributed by atoms with van der Waals surface area (Å²) in [7, 11) is 0. The topological polar surface area (TPSA) is 29.9 Å². The zero-order valence-electron chi connectivity index (χ0n) is 11.2. The van der Waals surface area contributed by atoms with Crippen LogP contribution in [0.1, 0.15) is 34.8 Å². The zero-order valence-corrected chi connectivity index (χ0v) is 11.2. The molecule has 18 heavy (non-hydrogen) atoms. The van der Waals surface area contributed by atoms with Gasteiger partial charge in [-0.1, -0.05) is 29.3 Å². The SMILES string of the molecule is Cc1cc(C)cc(C2CCn3cc(C)nc3N2)c1. The highest BCUT2D eigenvalue weighted by Crippen LogP contribution is 2.29. The first-order chi connectivity index (χ1) is 8.61. The minimum atomic E-state index is 0.387. The summed E-state index contributed by atoms with van der Waals surface area (Å²) in [6.45, 7) is 7.40. The third kappa shape index (κ3) is 2.01.